The first-order valence-electron chi connectivity index (χ1n) is 9.12. The summed E-state index contributed by atoms with van der Waals surface area (Å²) in [6.45, 7) is 3.30. The number of amidine groups is 1. The zero-order valence-corrected chi connectivity index (χ0v) is 16.3. The summed E-state index contributed by atoms with van der Waals surface area (Å²) < 4.78 is 40.7. The van der Waals surface area contributed by atoms with Gasteiger partial charge in [0.2, 0.25) is 0 Å². The number of nitrogens with two attached hydrogens (primary N) is 2. The van der Waals surface area contributed by atoms with Gasteiger partial charge in [0.15, 0.2) is 0 Å². The summed E-state index contributed by atoms with van der Waals surface area (Å²) in [5.41, 5.74) is 11.9. The highest BCUT2D eigenvalue weighted by molar-refractivity contribution is 6.31. The molecule has 2 aromatic heterocycles. The minimum Gasteiger partial charge on any atom is -0.383 e. The zero-order chi connectivity index (χ0) is 21.2. The number of nitrogens with zero attached hydrogens (tertiary/aromatic N) is 2. The van der Waals surface area contributed by atoms with Crippen molar-refractivity contribution in [1.29, 1.82) is 0 Å². The molecule has 1 saturated carbocycles. The number of fused-ring (bicyclic) bond motifs is 1. The SMILES string of the molecule is C=C/C(=C(\N=C(/N)c1c[nH]c2ncc(Cl)cc12)NC1CCC(N)CC1)C(F)(F)F. The van der Waals surface area contributed by atoms with E-state index < -0.39 is 11.7 Å². The molecule has 0 radical (unpaired) electrons. The number of halogens is 4. The number of aliphatic imine (C=N–C) groups is 1. The Kier molecular flexibility index (Phi) is 6.18. The van der Waals surface area contributed by atoms with Crippen LogP contribution >= 0.6 is 11.6 Å². The first-order valence-corrected chi connectivity index (χ1v) is 9.50. The third kappa shape index (κ3) is 4.91. The Labute approximate surface area is 170 Å². The second-order valence-electron chi connectivity index (χ2n) is 6.97. The van der Waals surface area contributed by atoms with Gasteiger partial charge in [-0.2, -0.15) is 13.2 Å². The Morgan fingerprint density at radius 3 is 2.66 bits per heavy atom. The Morgan fingerprint density at radius 1 is 1.34 bits per heavy atom. The lowest BCUT2D eigenvalue weighted by atomic mass is 9.92. The van der Waals surface area contributed by atoms with Crippen molar-refractivity contribution in [2.75, 3.05) is 0 Å². The van der Waals surface area contributed by atoms with Crippen LogP contribution in [0.25, 0.3) is 11.0 Å². The molecule has 0 aromatic carbocycles. The monoisotopic (exact) mass is 426 g/mol. The molecule has 0 saturated heterocycles. The lowest BCUT2D eigenvalue weighted by molar-refractivity contribution is -0.0893. The minimum atomic E-state index is -4.63. The van der Waals surface area contributed by atoms with Gasteiger partial charge in [-0.3, -0.25) is 0 Å². The van der Waals surface area contributed by atoms with Crippen LogP contribution in [0.5, 0.6) is 0 Å². The van der Waals surface area contributed by atoms with Gasteiger partial charge in [-0.25, -0.2) is 9.98 Å². The normalized spacial score (nSPS) is 21.8. The van der Waals surface area contributed by atoms with Crippen LogP contribution in [0.3, 0.4) is 0 Å². The predicted octanol–water partition coefficient (Wildman–Crippen LogP) is 3.74. The maximum Gasteiger partial charge on any atom is 0.419 e. The van der Waals surface area contributed by atoms with E-state index in [-0.39, 0.29) is 23.7 Å². The number of allylic oxidation sites excluding steroid dienone is 2. The summed E-state index contributed by atoms with van der Waals surface area (Å²) in [6.07, 6.45) is 1.84. The Bertz CT molecular complexity index is 954. The molecular weight excluding hydrogens is 405 g/mol. The van der Waals surface area contributed by atoms with Crippen molar-refractivity contribution < 1.29 is 13.2 Å². The van der Waals surface area contributed by atoms with Crippen molar-refractivity contribution >= 4 is 28.5 Å². The van der Waals surface area contributed by atoms with E-state index in [0.29, 0.717) is 34.5 Å². The molecular formula is C19H22ClF3N6. The molecule has 156 valence electrons. The summed E-state index contributed by atoms with van der Waals surface area (Å²) in [5.74, 6) is -0.464. The number of H-pyrrole nitrogens is 1. The predicted molar refractivity (Wildman–Crippen MR) is 108 cm³/mol. The standard InChI is InChI=1S/C19H22ClF3N6/c1-2-15(19(21,22)23)18(28-12-5-3-11(24)4-6-12)29-16(25)14-9-27-17-13(14)7-10(20)8-26-17/h2,7-9,11-12,28H,1,3-6,24H2,(H2,25,29)(H,26,27)/b18-15+. The second kappa shape index (κ2) is 8.46. The van der Waals surface area contributed by atoms with Gasteiger partial charge < -0.3 is 21.8 Å². The molecule has 2 aromatic rings. The highest BCUT2D eigenvalue weighted by Crippen LogP contribution is 2.30. The van der Waals surface area contributed by atoms with Crippen LogP contribution in [-0.2, 0) is 0 Å². The lowest BCUT2D eigenvalue weighted by Crippen LogP contribution is -2.38. The van der Waals surface area contributed by atoms with E-state index in [1.807, 2.05) is 0 Å². The zero-order valence-electron chi connectivity index (χ0n) is 15.6. The fourth-order valence-corrected chi connectivity index (χ4v) is 3.50. The van der Waals surface area contributed by atoms with E-state index in [0.717, 1.165) is 18.9 Å². The molecule has 10 heteroatoms. The molecule has 1 fully saturated rings. The molecule has 1 aliphatic rings. The van der Waals surface area contributed by atoms with Gasteiger partial charge in [-0.1, -0.05) is 24.3 Å². The van der Waals surface area contributed by atoms with Gasteiger partial charge in [0.25, 0.3) is 0 Å². The van der Waals surface area contributed by atoms with Crippen LogP contribution in [0.1, 0.15) is 31.2 Å². The first kappa shape index (κ1) is 21.2. The highest BCUT2D eigenvalue weighted by Gasteiger charge is 2.35. The number of nitrogens with one attached hydrogen (secondary N) is 2. The molecule has 2 heterocycles. The van der Waals surface area contributed by atoms with Crippen LogP contribution in [0.2, 0.25) is 5.02 Å². The van der Waals surface area contributed by atoms with E-state index in [1.54, 1.807) is 6.07 Å². The molecule has 0 amide bonds. The van der Waals surface area contributed by atoms with Crippen molar-refractivity contribution in [1.82, 2.24) is 15.3 Å². The minimum absolute atomic E-state index is 0.0685. The largest absolute Gasteiger partial charge is 0.419 e. The number of aromatic amines is 1. The summed E-state index contributed by atoms with van der Waals surface area (Å²) in [7, 11) is 0. The van der Waals surface area contributed by atoms with E-state index in [4.69, 9.17) is 23.1 Å². The smallest absolute Gasteiger partial charge is 0.383 e. The molecule has 3 rings (SSSR count). The number of aromatic nitrogens is 2. The summed E-state index contributed by atoms with van der Waals surface area (Å²) in [5, 5.41) is 3.84. The molecule has 0 aliphatic heterocycles. The summed E-state index contributed by atoms with van der Waals surface area (Å²) in [4.78, 5) is 11.1. The maximum atomic E-state index is 13.6. The maximum absolute atomic E-state index is 13.6. The van der Waals surface area contributed by atoms with Crippen molar-refractivity contribution in [3.63, 3.8) is 0 Å². The fraction of sp³-hybridized carbons (Fsp3) is 0.368. The highest BCUT2D eigenvalue weighted by atomic mass is 35.5. The molecule has 0 atom stereocenters. The Morgan fingerprint density at radius 2 is 2.03 bits per heavy atom. The number of hydrogen-bond donors (Lipinski definition) is 4. The quantitative estimate of drug-likeness (QED) is 0.332. The van der Waals surface area contributed by atoms with E-state index in [2.05, 4.69) is 26.9 Å². The third-order valence-corrected chi connectivity index (χ3v) is 5.09. The molecule has 0 unspecified atom stereocenters. The van der Waals surface area contributed by atoms with Gasteiger partial charge in [0.1, 0.15) is 17.3 Å². The van der Waals surface area contributed by atoms with Crippen LogP contribution in [-0.4, -0.2) is 34.1 Å². The van der Waals surface area contributed by atoms with Gasteiger partial charge in [-0.05, 0) is 31.7 Å². The number of hydrogen-bond acceptors (Lipinski definition) is 4. The number of alkyl halides is 3. The first-order chi connectivity index (χ1) is 13.7. The Hall–Kier alpha value is -2.52. The van der Waals surface area contributed by atoms with Gasteiger partial charge in [-0.15, -0.1) is 0 Å². The van der Waals surface area contributed by atoms with E-state index >= 15 is 0 Å². The van der Waals surface area contributed by atoms with Crippen molar-refractivity contribution in [2.45, 2.75) is 43.9 Å². The molecule has 29 heavy (non-hydrogen) atoms. The van der Waals surface area contributed by atoms with Crippen molar-refractivity contribution in [2.24, 2.45) is 16.5 Å². The Balaban J connectivity index is 2.02. The van der Waals surface area contributed by atoms with E-state index in [1.165, 1.54) is 12.4 Å². The molecule has 6 nitrogen and oxygen atoms in total. The average Bonchev–Trinajstić information content (AvgIpc) is 3.06. The second-order valence-corrected chi connectivity index (χ2v) is 7.41. The lowest BCUT2D eigenvalue weighted by Gasteiger charge is -2.28. The molecule has 0 bridgehead atoms. The van der Waals surface area contributed by atoms with Crippen LogP contribution in [0.15, 0.2) is 47.5 Å². The van der Waals surface area contributed by atoms with Gasteiger partial charge in [0, 0.05) is 35.4 Å². The van der Waals surface area contributed by atoms with Crippen LogP contribution < -0.4 is 16.8 Å². The van der Waals surface area contributed by atoms with Gasteiger partial charge in [0.05, 0.1) is 10.6 Å². The van der Waals surface area contributed by atoms with Crippen LogP contribution in [0, 0.1) is 0 Å². The van der Waals surface area contributed by atoms with E-state index in [9.17, 15) is 13.2 Å². The summed E-state index contributed by atoms with van der Waals surface area (Å²) >= 11 is 5.98. The summed E-state index contributed by atoms with van der Waals surface area (Å²) in [6, 6.07) is 1.51. The van der Waals surface area contributed by atoms with Gasteiger partial charge >= 0.3 is 6.18 Å². The molecule has 0 spiro atoms. The van der Waals surface area contributed by atoms with Crippen molar-refractivity contribution in [3.05, 3.63) is 53.1 Å². The van der Waals surface area contributed by atoms with Crippen LogP contribution in [0.4, 0.5) is 13.2 Å². The topological polar surface area (TPSA) is 105 Å². The number of pyridine rings is 1. The number of rotatable bonds is 5. The third-order valence-electron chi connectivity index (χ3n) is 4.88. The molecule has 1 aliphatic carbocycles. The fourth-order valence-electron chi connectivity index (χ4n) is 3.34. The van der Waals surface area contributed by atoms with Crippen molar-refractivity contribution in [3.8, 4) is 0 Å². The molecule has 6 N–H and O–H groups in total. The average molecular weight is 427 g/mol.